The summed E-state index contributed by atoms with van der Waals surface area (Å²) in [5, 5.41) is 3.03. The number of nitrogens with zero attached hydrogens (tertiary/aromatic N) is 2. The van der Waals surface area contributed by atoms with Crippen LogP contribution < -0.4 is 5.32 Å². The number of carbonyl (C=O) groups is 1. The van der Waals surface area contributed by atoms with Crippen molar-refractivity contribution >= 4 is 15.9 Å². The van der Waals surface area contributed by atoms with E-state index in [1.165, 1.54) is 16.6 Å². The van der Waals surface area contributed by atoms with E-state index in [0.29, 0.717) is 32.0 Å². The van der Waals surface area contributed by atoms with Crippen molar-refractivity contribution in [2.24, 2.45) is 7.05 Å². The molecule has 7 nitrogen and oxygen atoms in total. The minimum Gasteiger partial charge on any atom is -0.379 e. The highest BCUT2D eigenvalue weighted by molar-refractivity contribution is 7.89. The molecule has 28 heavy (non-hydrogen) atoms. The summed E-state index contributed by atoms with van der Waals surface area (Å²) in [5.74, 6) is -0.270. The number of amides is 1. The van der Waals surface area contributed by atoms with Crippen LogP contribution in [-0.4, -0.2) is 55.5 Å². The van der Waals surface area contributed by atoms with Crippen LogP contribution in [0.15, 0.2) is 47.5 Å². The zero-order valence-electron chi connectivity index (χ0n) is 16.3. The van der Waals surface area contributed by atoms with E-state index < -0.39 is 10.0 Å². The lowest BCUT2D eigenvalue weighted by Crippen LogP contribution is -2.40. The van der Waals surface area contributed by atoms with Gasteiger partial charge < -0.3 is 14.6 Å². The second-order valence-electron chi connectivity index (χ2n) is 6.96. The van der Waals surface area contributed by atoms with E-state index in [0.717, 1.165) is 18.4 Å². The van der Waals surface area contributed by atoms with Crippen molar-refractivity contribution in [3.05, 3.63) is 53.9 Å². The third kappa shape index (κ3) is 4.63. The van der Waals surface area contributed by atoms with Gasteiger partial charge in [-0.2, -0.15) is 4.31 Å². The number of sulfonamides is 1. The van der Waals surface area contributed by atoms with Gasteiger partial charge in [0, 0.05) is 32.4 Å². The minimum atomic E-state index is -3.63. The monoisotopic (exact) mass is 405 g/mol. The van der Waals surface area contributed by atoms with E-state index in [-0.39, 0.29) is 16.8 Å². The van der Waals surface area contributed by atoms with Crippen LogP contribution in [0.2, 0.25) is 0 Å². The molecule has 1 unspecified atom stereocenters. The van der Waals surface area contributed by atoms with Crippen LogP contribution in [-0.2, 0) is 28.2 Å². The van der Waals surface area contributed by atoms with Gasteiger partial charge in [-0.3, -0.25) is 4.79 Å². The Labute approximate surface area is 166 Å². The molecule has 1 aliphatic heterocycles. The predicted octanol–water partition coefficient (Wildman–Crippen LogP) is 1.80. The molecule has 2 heterocycles. The van der Waals surface area contributed by atoms with Gasteiger partial charge in [0.25, 0.3) is 5.91 Å². The average Bonchev–Trinajstić information content (AvgIpc) is 3.11. The van der Waals surface area contributed by atoms with E-state index in [1.54, 1.807) is 11.6 Å². The molecule has 1 aromatic heterocycles. The lowest BCUT2D eigenvalue weighted by molar-refractivity contribution is 0.0730. The minimum absolute atomic E-state index is 0.0240. The lowest BCUT2D eigenvalue weighted by Gasteiger charge is -2.25. The summed E-state index contributed by atoms with van der Waals surface area (Å²) in [5.41, 5.74) is 1.48. The summed E-state index contributed by atoms with van der Waals surface area (Å²) < 4.78 is 33.8. The number of aromatic nitrogens is 1. The van der Waals surface area contributed by atoms with E-state index in [1.807, 2.05) is 37.3 Å². The Morgan fingerprint density at radius 1 is 1.21 bits per heavy atom. The van der Waals surface area contributed by atoms with Gasteiger partial charge in [0.05, 0.1) is 13.2 Å². The van der Waals surface area contributed by atoms with Crippen molar-refractivity contribution in [2.45, 2.75) is 30.7 Å². The van der Waals surface area contributed by atoms with Gasteiger partial charge in [-0.25, -0.2) is 8.42 Å². The molecule has 8 heteroatoms. The fourth-order valence-electron chi connectivity index (χ4n) is 3.29. The first-order valence-electron chi connectivity index (χ1n) is 9.51. The predicted molar refractivity (Wildman–Crippen MR) is 107 cm³/mol. The number of ether oxygens (including phenoxy) is 1. The van der Waals surface area contributed by atoms with Crippen LogP contribution in [0.3, 0.4) is 0 Å². The fourth-order valence-corrected chi connectivity index (χ4v) is 4.77. The molecule has 0 radical (unpaired) electrons. The zero-order valence-corrected chi connectivity index (χ0v) is 17.1. The molecule has 1 N–H and O–H groups in total. The Morgan fingerprint density at radius 3 is 2.54 bits per heavy atom. The molecule has 152 valence electrons. The van der Waals surface area contributed by atoms with Gasteiger partial charge in [0.1, 0.15) is 10.6 Å². The third-order valence-corrected chi connectivity index (χ3v) is 6.84. The molecule has 0 aliphatic carbocycles. The van der Waals surface area contributed by atoms with Gasteiger partial charge >= 0.3 is 0 Å². The van der Waals surface area contributed by atoms with Gasteiger partial charge in [-0.1, -0.05) is 37.3 Å². The maximum absolute atomic E-state index is 12.8. The SMILES string of the molecule is CCC(Cc1ccccc1)NC(=O)c1cc(S(=O)(=O)N2CCOCC2)cn1C. The van der Waals surface area contributed by atoms with Crippen molar-refractivity contribution in [1.29, 1.82) is 0 Å². The number of aryl methyl sites for hydroxylation is 1. The molecule has 1 atom stereocenters. The highest BCUT2D eigenvalue weighted by atomic mass is 32.2. The van der Waals surface area contributed by atoms with Crippen LogP contribution in [0, 0.1) is 0 Å². The van der Waals surface area contributed by atoms with Crippen LogP contribution in [0.5, 0.6) is 0 Å². The summed E-state index contributed by atoms with van der Waals surface area (Å²) in [4.78, 5) is 12.9. The number of morpholine rings is 1. The smallest absolute Gasteiger partial charge is 0.268 e. The summed E-state index contributed by atoms with van der Waals surface area (Å²) in [6.07, 6.45) is 3.01. The highest BCUT2D eigenvalue weighted by Crippen LogP contribution is 2.20. The number of benzene rings is 1. The lowest BCUT2D eigenvalue weighted by atomic mass is 10.0. The molecule has 1 amide bonds. The van der Waals surface area contributed by atoms with E-state index in [9.17, 15) is 13.2 Å². The fraction of sp³-hybridized carbons (Fsp3) is 0.450. The number of hydrogen-bond donors (Lipinski definition) is 1. The molecule has 0 saturated carbocycles. The van der Waals surface area contributed by atoms with Crippen molar-refractivity contribution in [3.8, 4) is 0 Å². The van der Waals surface area contributed by atoms with Crippen LogP contribution >= 0.6 is 0 Å². The molecule has 3 rings (SSSR count). The second-order valence-corrected chi connectivity index (χ2v) is 8.89. The molecular weight excluding hydrogens is 378 g/mol. The van der Waals surface area contributed by atoms with E-state index >= 15 is 0 Å². The number of carbonyl (C=O) groups excluding carboxylic acids is 1. The number of rotatable bonds is 7. The van der Waals surface area contributed by atoms with Gasteiger partial charge in [-0.05, 0) is 24.5 Å². The quantitative estimate of drug-likeness (QED) is 0.762. The van der Waals surface area contributed by atoms with Gasteiger partial charge in [0.2, 0.25) is 10.0 Å². The Hall–Kier alpha value is -2.16. The first kappa shape index (κ1) is 20.6. The Morgan fingerprint density at radius 2 is 1.89 bits per heavy atom. The zero-order chi connectivity index (χ0) is 20.1. The summed E-state index contributed by atoms with van der Waals surface area (Å²) >= 11 is 0. The third-order valence-electron chi connectivity index (χ3n) is 4.97. The first-order chi connectivity index (χ1) is 13.4. The molecule has 1 aliphatic rings. The van der Waals surface area contributed by atoms with Crippen LogP contribution in [0.1, 0.15) is 29.4 Å². The largest absolute Gasteiger partial charge is 0.379 e. The number of nitrogens with one attached hydrogen (secondary N) is 1. The second kappa shape index (κ2) is 8.89. The topological polar surface area (TPSA) is 80.6 Å². The molecule has 1 saturated heterocycles. The molecule has 0 bridgehead atoms. The summed E-state index contributed by atoms with van der Waals surface area (Å²) in [6.45, 7) is 3.45. The van der Waals surface area contributed by atoms with Crippen LogP contribution in [0.4, 0.5) is 0 Å². The maximum atomic E-state index is 12.8. The molecule has 0 spiro atoms. The Kier molecular flexibility index (Phi) is 6.53. The molecule has 1 fully saturated rings. The normalized spacial score (nSPS) is 16.6. The highest BCUT2D eigenvalue weighted by Gasteiger charge is 2.29. The first-order valence-corrected chi connectivity index (χ1v) is 10.9. The number of hydrogen-bond acceptors (Lipinski definition) is 4. The van der Waals surface area contributed by atoms with Crippen molar-refractivity contribution < 1.29 is 17.9 Å². The standard InChI is InChI=1S/C20H27N3O4S/c1-3-17(13-16-7-5-4-6-8-16)21-20(24)19-14-18(15-22(19)2)28(25,26)23-9-11-27-12-10-23/h4-8,14-15,17H,3,9-13H2,1-2H3,(H,21,24). The van der Waals surface area contributed by atoms with Gasteiger partial charge in [-0.15, -0.1) is 0 Å². The Bertz CT molecular complexity index is 903. The molecule has 1 aromatic carbocycles. The van der Waals surface area contributed by atoms with Crippen molar-refractivity contribution in [1.82, 2.24) is 14.2 Å². The van der Waals surface area contributed by atoms with Gasteiger partial charge in [0.15, 0.2) is 0 Å². The van der Waals surface area contributed by atoms with Crippen LogP contribution in [0.25, 0.3) is 0 Å². The molecular formula is C20H27N3O4S. The average molecular weight is 406 g/mol. The van der Waals surface area contributed by atoms with E-state index in [2.05, 4.69) is 5.32 Å². The summed E-state index contributed by atoms with van der Waals surface area (Å²) in [6, 6.07) is 11.4. The maximum Gasteiger partial charge on any atom is 0.268 e. The Balaban J connectivity index is 1.73. The van der Waals surface area contributed by atoms with Crippen molar-refractivity contribution in [2.75, 3.05) is 26.3 Å². The van der Waals surface area contributed by atoms with E-state index in [4.69, 9.17) is 4.74 Å². The molecule has 2 aromatic rings. The summed E-state index contributed by atoms with van der Waals surface area (Å²) in [7, 11) is -1.94. The van der Waals surface area contributed by atoms with Crippen molar-refractivity contribution in [3.63, 3.8) is 0 Å².